The molecule has 2 N–H and O–H groups in total. The molecule has 0 bridgehead atoms. The molecule has 0 saturated carbocycles. The SMILES string of the molecule is COc1ccc(C2=C(c3cc(OC)c(OC)c(OC)c3)/C(=N\O)C(O)C2)cc1Cl.[Ac]. The number of aliphatic hydroxyl groups is 1. The van der Waals surface area contributed by atoms with Crippen LogP contribution >= 0.6 is 11.6 Å². The Morgan fingerprint density at radius 3 is 1.97 bits per heavy atom. The first-order valence-electron chi connectivity index (χ1n) is 8.76. The summed E-state index contributed by atoms with van der Waals surface area (Å²) in [5, 5.41) is 23.9. The first-order chi connectivity index (χ1) is 14.0. The fraction of sp³-hybridized carbons (Fsp3) is 0.286. The van der Waals surface area contributed by atoms with Gasteiger partial charge in [-0.3, -0.25) is 0 Å². The van der Waals surface area contributed by atoms with E-state index in [1.54, 1.807) is 24.3 Å². The van der Waals surface area contributed by atoms with E-state index in [0.717, 1.165) is 11.1 Å². The van der Waals surface area contributed by atoms with E-state index in [9.17, 15) is 10.3 Å². The summed E-state index contributed by atoms with van der Waals surface area (Å²) in [5.41, 5.74) is 2.91. The maximum absolute atomic E-state index is 10.5. The third-order valence-electron chi connectivity index (χ3n) is 4.83. The van der Waals surface area contributed by atoms with Crippen molar-refractivity contribution in [3.63, 3.8) is 0 Å². The molecule has 2 aromatic rings. The molecule has 0 heterocycles. The number of aliphatic hydroxyl groups excluding tert-OH is 1. The third-order valence-corrected chi connectivity index (χ3v) is 5.13. The molecular formula is C21H22AcClNO6. The molecule has 0 fully saturated rings. The number of hydrogen-bond donors (Lipinski definition) is 2. The van der Waals surface area contributed by atoms with Crippen LogP contribution in [0.5, 0.6) is 23.0 Å². The molecule has 30 heavy (non-hydrogen) atoms. The largest absolute Gasteiger partial charge is 0.495 e. The number of hydrogen-bond acceptors (Lipinski definition) is 7. The fourth-order valence-electron chi connectivity index (χ4n) is 3.49. The maximum Gasteiger partial charge on any atom is 0.203 e. The van der Waals surface area contributed by atoms with Gasteiger partial charge in [0.05, 0.1) is 33.5 Å². The topological polar surface area (TPSA) is 89.7 Å². The van der Waals surface area contributed by atoms with E-state index in [4.69, 9.17) is 30.5 Å². The van der Waals surface area contributed by atoms with Crippen LogP contribution in [0, 0.1) is 44.1 Å². The summed E-state index contributed by atoms with van der Waals surface area (Å²) < 4.78 is 21.5. The number of oxime groups is 1. The van der Waals surface area contributed by atoms with Crippen molar-refractivity contribution in [1.82, 2.24) is 0 Å². The number of halogens is 1. The first kappa shape index (κ1) is 24.8. The van der Waals surface area contributed by atoms with Gasteiger partial charge in [-0.15, -0.1) is 0 Å². The number of rotatable bonds is 6. The first-order valence-corrected chi connectivity index (χ1v) is 9.14. The molecule has 0 saturated heterocycles. The molecule has 0 aliphatic heterocycles. The van der Waals surface area contributed by atoms with Crippen LogP contribution in [-0.4, -0.2) is 50.6 Å². The zero-order valence-electron chi connectivity index (χ0n) is 17.1. The van der Waals surface area contributed by atoms with Crippen molar-refractivity contribution in [2.45, 2.75) is 12.5 Å². The summed E-state index contributed by atoms with van der Waals surface area (Å²) in [6.07, 6.45) is -0.710. The second-order valence-electron chi connectivity index (χ2n) is 6.32. The van der Waals surface area contributed by atoms with E-state index in [-0.39, 0.29) is 56.2 Å². The second-order valence-corrected chi connectivity index (χ2v) is 6.73. The Bertz CT molecular complexity index is 966. The average Bonchev–Trinajstić information content (AvgIpc) is 3.08. The van der Waals surface area contributed by atoms with Crippen molar-refractivity contribution in [3.8, 4) is 23.0 Å². The minimum Gasteiger partial charge on any atom is -0.495 e. The van der Waals surface area contributed by atoms with E-state index >= 15 is 0 Å². The van der Waals surface area contributed by atoms with Crippen LogP contribution < -0.4 is 18.9 Å². The van der Waals surface area contributed by atoms with Gasteiger partial charge in [-0.25, -0.2) is 0 Å². The molecule has 1 radical (unpaired) electrons. The molecule has 7 nitrogen and oxygen atoms in total. The van der Waals surface area contributed by atoms with Gasteiger partial charge in [0.2, 0.25) is 5.75 Å². The van der Waals surface area contributed by atoms with Gasteiger partial charge in [0.25, 0.3) is 0 Å². The molecule has 0 spiro atoms. The van der Waals surface area contributed by atoms with Gasteiger partial charge in [0.15, 0.2) is 11.5 Å². The second kappa shape index (κ2) is 10.7. The molecule has 3 rings (SSSR count). The number of ether oxygens (including phenoxy) is 4. The number of methoxy groups -OCH3 is 4. The van der Waals surface area contributed by atoms with Gasteiger partial charge in [0, 0.05) is 56.1 Å². The van der Waals surface area contributed by atoms with Crippen molar-refractivity contribution in [1.29, 1.82) is 0 Å². The summed E-state index contributed by atoms with van der Waals surface area (Å²) in [6, 6.07) is 8.82. The summed E-state index contributed by atoms with van der Waals surface area (Å²) in [5.74, 6) is 1.87. The Labute approximate surface area is 215 Å². The molecule has 157 valence electrons. The molecule has 1 atom stereocenters. The van der Waals surface area contributed by atoms with Crippen molar-refractivity contribution in [2.75, 3.05) is 28.4 Å². The summed E-state index contributed by atoms with van der Waals surface area (Å²) in [4.78, 5) is 0. The quantitative estimate of drug-likeness (QED) is 0.366. The maximum atomic E-state index is 10.5. The Morgan fingerprint density at radius 2 is 1.50 bits per heavy atom. The Balaban J connectivity index is 0.00000320. The van der Waals surface area contributed by atoms with E-state index in [0.29, 0.717) is 39.2 Å². The van der Waals surface area contributed by atoms with E-state index in [1.807, 2.05) is 6.07 Å². The van der Waals surface area contributed by atoms with Crippen molar-refractivity contribution in [2.24, 2.45) is 5.16 Å². The molecule has 1 aliphatic carbocycles. The van der Waals surface area contributed by atoms with Crippen molar-refractivity contribution >= 4 is 28.5 Å². The van der Waals surface area contributed by atoms with E-state index in [1.165, 1.54) is 28.4 Å². The molecule has 9 heteroatoms. The molecule has 1 unspecified atom stereocenters. The minimum atomic E-state index is -0.968. The van der Waals surface area contributed by atoms with Crippen LogP contribution in [0.25, 0.3) is 11.1 Å². The zero-order valence-corrected chi connectivity index (χ0v) is 22.6. The van der Waals surface area contributed by atoms with Crippen LogP contribution in [-0.2, 0) is 0 Å². The van der Waals surface area contributed by atoms with Gasteiger partial charge in [-0.1, -0.05) is 22.8 Å². The monoisotopic (exact) mass is 646 g/mol. The van der Waals surface area contributed by atoms with Gasteiger partial charge >= 0.3 is 0 Å². The van der Waals surface area contributed by atoms with Crippen LogP contribution in [0.3, 0.4) is 0 Å². The number of nitrogens with zero attached hydrogens (tertiary/aromatic N) is 1. The predicted molar refractivity (Wildman–Crippen MR) is 111 cm³/mol. The molecule has 1 aliphatic rings. The van der Waals surface area contributed by atoms with Crippen LogP contribution in [0.4, 0.5) is 0 Å². The number of benzene rings is 2. The van der Waals surface area contributed by atoms with Crippen molar-refractivity contribution in [3.05, 3.63) is 46.5 Å². The minimum absolute atomic E-state index is 0. The van der Waals surface area contributed by atoms with Gasteiger partial charge in [-0.05, 0) is 41.0 Å². The molecule has 0 aromatic heterocycles. The standard InChI is InChI=1S/C21H22ClNO6.Ac/c1-26-16-6-5-11(7-14(16)22)13-10-15(24)20(23-25)19(13)12-8-17(27-2)21(29-4)18(9-12)28-3;/h5-9,15,24-25H,10H2,1-4H3;/b23-20-;. The Morgan fingerprint density at radius 1 is 0.900 bits per heavy atom. The van der Waals surface area contributed by atoms with Gasteiger partial charge in [-0.2, -0.15) is 0 Å². The Kier molecular flexibility index (Phi) is 8.87. The van der Waals surface area contributed by atoms with E-state index in [2.05, 4.69) is 5.16 Å². The molecular weight excluding hydrogens is 625 g/mol. The molecule has 0 amide bonds. The fourth-order valence-corrected chi connectivity index (χ4v) is 3.75. The molecule has 2 aromatic carbocycles. The van der Waals surface area contributed by atoms with Crippen molar-refractivity contribution < 1.29 is 73.3 Å². The van der Waals surface area contributed by atoms with Crippen LogP contribution in [0.1, 0.15) is 17.5 Å². The normalized spacial score (nSPS) is 17.0. The zero-order chi connectivity index (χ0) is 21.1. The smallest absolute Gasteiger partial charge is 0.203 e. The average molecular weight is 647 g/mol. The third kappa shape index (κ3) is 4.57. The Hall–Kier alpha value is -1.46. The van der Waals surface area contributed by atoms with Gasteiger partial charge < -0.3 is 29.3 Å². The van der Waals surface area contributed by atoms with Crippen LogP contribution in [0.2, 0.25) is 5.02 Å². The van der Waals surface area contributed by atoms with Crippen LogP contribution in [0.15, 0.2) is 35.5 Å². The van der Waals surface area contributed by atoms with Gasteiger partial charge in [0.1, 0.15) is 17.6 Å². The summed E-state index contributed by atoms with van der Waals surface area (Å²) in [7, 11) is 6.09. The van der Waals surface area contributed by atoms with E-state index < -0.39 is 6.10 Å². The predicted octanol–water partition coefficient (Wildman–Crippen LogP) is 3.88. The summed E-state index contributed by atoms with van der Waals surface area (Å²) >= 11 is 6.30. The summed E-state index contributed by atoms with van der Waals surface area (Å²) in [6.45, 7) is 0.